The number of hydrogen-bond donors (Lipinski definition) is 0. The van der Waals surface area contributed by atoms with Crippen LogP contribution in [0.5, 0.6) is 0 Å². The SMILES string of the molecule is c1ccc(-c2ccc3c4ccccc4n(-c4nc(-c5ccc6c7ccccc7n(-c7ccccc7)c6c5)nc(C5(c6cccc7c6oc6ccccc67)c6ccccc6-c6ccccc65)n4)c3c2)cc1. The molecule has 0 aliphatic heterocycles. The molecule has 0 atom stereocenters. The third-order valence-electron chi connectivity index (χ3n) is 14.6. The molecule has 0 saturated carbocycles. The summed E-state index contributed by atoms with van der Waals surface area (Å²) in [6.07, 6.45) is 0. The average molecular weight is 894 g/mol. The Morgan fingerprint density at radius 3 is 1.60 bits per heavy atom. The van der Waals surface area contributed by atoms with Gasteiger partial charge in [0.2, 0.25) is 5.95 Å². The van der Waals surface area contributed by atoms with Crippen molar-refractivity contribution in [2.45, 2.75) is 5.41 Å². The molecule has 10 aromatic carbocycles. The van der Waals surface area contributed by atoms with Crippen LogP contribution in [0, 0.1) is 0 Å². The third kappa shape index (κ3) is 5.41. The highest BCUT2D eigenvalue weighted by Gasteiger charge is 2.50. The highest BCUT2D eigenvalue weighted by molar-refractivity contribution is 6.12. The fraction of sp³-hybridized carbons (Fsp3) is 0.0156. The summed E-state index contributed by atoms with van der Waals surface area (Å²) in [6.45, 7) is 0. The number of rotatable bonds is 6. The van der Waals surface area contributed by atoms with Gasteiger partial charge in [0.15, 0.2) is 11.6 Å². The second kappa shape index (κ2) is 14.8. The van der Waals surface area contributed by atoms with Gasteiger partial charge in [-0.1, -0.05) is 194 Å². The standard InChI is InChI=1S/C64H39N5O/c1-3-18-40(19-4-1)41-34-36-49-47-25-10-15-32-56(47)69(58(49)38-41)63-66-61(42-35-37-48-46-24-9-14-31-55(46)68(57(48)39-42)43-20-5-2-6-21-43)65-62(67-63)64(52-28-12-7-22-44(52)45-23-8-13-29-53(45)64)54-30-17-27-51-50-26-11-16-33-59(50)70-60(51)54/h1-39H. The van der Waals surface area contributed by atoms with Crippen molar-refractivity contribution in [3.8, 4) is 45.3 Å². The number of aromatic nitrogens is 5. The molecule has 70 heavy (non-hydrogen) atoms. The molecule has 0 N–H and O–H groups in total. The zero-order chi connectivity index (χ0) is 45.9. The van der Waals surface area contributed by atoms with E-state index < -0.39 is 5.41 Å². The number of benzene rings is 10. The lowest BCUT2D eigenvalue weighted by Gasteiger charge is -2.32. The van der Waals surface area contributed by atoms with Crippen molar-refractivity contribution in [3.63, 3.8) is 0 Å². The Morgan fingerprint density at radius 2 is 0.871 bits per heavy atom. The van der Waals surface area contributed by atoms with E-state index in [9.17, 15) is 0 Å². The van der Waals surface area contributed by atoms with Crippen LogP contribution in [-0.2, 0) is 5.41 Å². The van der Waals surface area contributed by atoms with Crippen molar-refractivity contribution in [3.05, 3.63) is 259 Å². The minimum absolute atomic E-state index is 0.526. The second-order valence-electron chi connectivity index (χ2n) is 18.3. The highest BCUT2D eigenvalue weighted by Crippen LogP contribution is 2.57. The number of para-hydroxylation sites is 5. The van der Waals surface area contributed by atoms with Gasteiger partial charge in [0, 0.05) is 49.1 Å². The largest absolute Gasteiger partial charge is 0.456 e. The van der Waals surface area contributed by atoms with E-state index in [1.165, 1.54) is 5.39 Å². The molecular formula is C64H39N5O. The van der Waals surface area contributed by atoms with Gasteiger partial charge in [-0.05, 0) is 75.8 Å². The van der Waals surface area contributed by atoms with Gasteiger partial charge in [-0.15, -0.1) is 0 Å². The lowest BCUT2D eigenvalue weighted by molar-refractivity contribution is 0.632. The first-order valence-corrected chi connectivity index (χ1v) is 23.8. The second-order valence-corrected chi connectivity index (χ2v) is 18.3. The molecule has 1 aliphatic carbocycles. The van der Waals surface area contributed by atoms with Crippen molar-refractivity contribution in [2.24, 2.45) is 0 Å². The van der Waals surface area contributed by atoms with Gasteiger partial charge in [0.25, 0.3) is 0 Å². The molecule has 0 spiro atoms. The van der Waals surface area contributed by atoms with E-state index in [2.05, 4.69) is 240 Å². The van der Waals surface area contributed by atoms with E-state index in [4.69, 9.17) is 19.4 Å². The average Bonchev–Trinajstić information content (AvgIpc) is 4.17. The predicted octanol–water partition coefficient (Wildman–Crippen LogP) is 15.7. The number of hydrogen-bond acceptors (Lipinski definition) is 4. The summed E-state index contributed by atoms with van der Waals surface area (Å²) in [7, 11) is 0. The monoisotopic (exact) mass is 893 g/mol. The van der Waals surface area contributed by atoms with E-state index in [0.29, 0.717) is 17.6 Å². The predicted molar refractivity (Wildman–Crippen MR) is 284 cm³/mol. The van der Waals surface area contributed by atoms with Crippen molar-refractivity contribution >= 4 is 65.6 Å². The minimum Gasteiger partial charge on any atom is -0.456 e. The van der Waals surface area contributed by atoms with Crippen molar-refractivity contribution in [2.75, 3.05) is 0 Å². The molecule has 0 radical (unpaired) electrons. The maximum Gasteiger partial charge on any atom is 0.238 e. The molecule has 0 bridgehead atoms. The van der Waals surface area contributed by atoms with Gasteiger partial charge >= 0.3 is 0 Å². The first-order chi connectivity index (χ1) is 34.7. The Morgan fingerprint density at radius 1 is 0.343 bits per heavy atom. The molecule has 0 fully saturated rings. The van der Waals surface area contributed by atoms with Crippen LogP contribution in [0.3, 0.4) is 0 Å². The van der Waals surface area contributed by atoms with E-state index in [-0.39, 0.29) is 0 Å². The van der Waals surface area contributed by atoms with E-state index >= 15 is 0 Å². The van der Waals surface area contributed by atoms with Crippen molar-refractivity contribution < 1.29 is 4.42 Å². The first-order valence-electron chi connectivity index (χ1n) is 23.8. The van der Waals surface area contributed by atoms with Crippen LogP contribution >= 0.6 is 0 Å². The van der Waals surface area contributed by atoms with Crippen LogP contribution in [0.2, 0.25) is 0 Å². The molecule has 14 aromatic rings. The summed E-state index contributed by atoms with van der Waals surface area (Å²) in [6, 6.07) is 84.1. The van der Waals surface area contributed by atoms with Crippen molar-refractivity contribution in [1.82, 2.24) is 24.1 Å². The summed E-state index contributed by atoms with van der Waals surface area (Å²) in [4.78, 5) is 17.3. The lowest BCUT2D eigenvalue weighted by Crippen LogP contribution is -2.32. The van der Waals surface area contributed by atoms with Gasteiger partial charge in [-0.3, -0.25) is 4.57 Å². The normalized spacial score (nSPS) is 13.0. The summed E-state index contributed by atoms with van der Waals surface area (Å²) in [5.41, 5.74) is 14.4. The van der Waals surface area contributed by atoms with Crippen molar-refractivity contribution in [1.29, 1.82) is 0 Å². The van der Waals surface area contributed by atoms with Gasteiger partial charge < -0.3 is 8.98 Å². The summed E-state index contributed by atoms with van der Waals surface area (Å²) in [5.74, 6) is 1.69. The zero-order valence-corrected chi connectivity index (χ0v) is 37.7. The molecule has 15 rings (SSSR count). The van der Waals surface area contributed by atoms with Gasteiger partial charge in [-0.25, -0.2) is 4.98 Å². The number of furan rings is 1. The molecule has 6 nitrogen and oxygen atoms in total. The highest BCUT2D eigenvalue weighted by atomic mass is 16.3. The maximum absolute atomic E-state index is 7.01. The lowest BCUT2D eigenvalue weighted by atomic mass is 9.71. The third-order valence-corrected chi connectivity index (χ3v) is 14.6. The molecule has 4 heterocycles. The molecule has 6 heteroatoms. The van der Waals surface area contributed by atoms with Crippen LogP contribution < -0.4 is 0 Å². The molecule has 0 saturated heterocycles. The van der Waals surface area contributed by atoms with Gasteiger partial charge in [0.05, 0.1) is 22.1 Å². The van der Waals surface area contributed by atoms with Gasteiger partial charge in [0.1, 0.15) is 16.6 Å². The van der Waals surface area contributed by atoms with Gasteiger partial charge in [-0.2, -0.15) is 9.97 Å². The fourth-order valence-corrected chi connectivity index (χ4v) is 11.7. The summed E-state index contributed by atoms with van der Waals surface area (Å²) < 4.78 is 11.6. The maximum atomic E-state index is 7.01. The molecular weight excluding hydrogens is 855 g/mol. The van der Waals surface area contributed by atoms with Crippen LogP contribution in [0.4, 0.5) is 0 Å². The molecule has 0 amide bonds. The quantitative estimate of drug-likeness (QED) is 0.167. The van der Waals surface area contributed by atoms with Crippen LogP contribution in [-0.4, -0.2) is 24.1 Å². The molecule has 4 aromatic heterocycles. The summed E-state index contributed by atoms with van der Waals surface area (Å²) in [5, 5.41) is 6.67. The minimum atomic E-state index is -1.04. The van der Waals surface area contributed by atoms with Crippen LogP contribution in [0.15, 0.2) is 241 Å². The first kappa shape index (κ1) is 38.7. The Bertz CT molecular complexity index is 4380. The van der Waals surface area contributed by atoms with Crippen LogP contribution in [0.25, 0.3) is 111 Å². The Labute approximate surface area is 402 Å². The van der Waals surface area contributed by atoms with E-state index in [0.717, 1.165) is 110 Å². The Hall–Kier alpha value is -9.39. The van der Waals surface area contributed by atoms with E-state index in [1.54, 1.807) is 0 Å². The molecule has 1 aliphatic rings. The summed E-state index contributed by atoms with van der Waals surface area (Å²) >= 11 is 0. The topological polar surface area (TPSA) is 61.7 Å². The number of nitrogens with zero attached hydrogens (tertiary/aromatic N) is 5. The van der Waals surface area contributed by atoms with E-state index in [1.807, 2.05) is 6.07 Å². The molecule has 326 valence electrons. The Kier molecular flexibility index (Phi) is 8.18. The smallest absolute Gasteiger partial charge is 0.238 e. The molecule has 0 unspecified atom stereocenters. The van der Waals surface area contributed by atoms with Crippen LogP contribution in [0.1, 0.15) is 22.5 Å². The zero-order valence-electron chi connectivity index (χ0n) is 37.7. The Balaban J connectivity index is 1.10. The number of fused-ring (bicyclic) bond motifs is 12. The fourth-order valence-electron chi connectivity index (χ4n) is 11.7.